The molecular formula is C22H25N3O2. The third kappa shape index (κ3) is 3.77. The van der Waals surface area contributed by atoms with Gasteiger partial charge in [-0.2, -0.15) is 0 Å². The third-order valence-corrected chi connectivity index (χ3v) is 5.41. The number of hydrogen-bond acceptors (Lipinski definition) is 4. The summed E-state index contributed by atoms with van der Waals surface area (Å²) in [6.07, 6.45) is 2.27. The number of amides is 1. The molecule has 2 aromatic heterocycles. The van der Waals surface area contributed by atoms with E-state index in [1.165, 1.54) is 33.4 Å². The number of hydrogen-bond donors (Lipinski definition) is 1. The lowest BCUT2D eigenvalue weighted by atomic mass is 9.88. The van der Waals surface area contributed by atoms with Gasteiger partial charge in [0.15, 0.2) is 5.76 Å². The summed E-state index contributed by atoms with van der Waals surface area (Å²) < 4.78 is 5.80. The van der Waals surface area contributed by atoms with E-state index in [-0.39, 0.29) is 17.6 Å². The molecule has 3 aromatic rings. The van der Waals surface area contributed by atoms with Gasteiger partial charge in [-0.25, -0.2) is 9.97 Å². The Morgan fingerprint density at radius 1 is 0.926 bits per heavy atom. The number of nitrogens with one attached hydrogen (secondary N) is 1. The molecule has 27 heavy (non-hydrogen) atoms. The molecule has 0 fully saturated rings. The SMILES string of the molecule is Cc1ccnc(NC(=O)c2ccc(Cc3c(C)c(C)c(C)c(C)c3C)o2)n1. The summed E-state index contributed by atoms with van der Waals surface area (Å²) in [5.41, 5.74) is 8.59. The van der Waals surface area contributed by atoms with Crippen LogP contribution in [0.15, 0.2) is 28.8 Å². The van der Waals surface area contributed by atoms with Crippen LogP contribution in [0.4, 0.5) is 5.95 Å². The van der Waals surface area contributed by atoms with Gasteiger partial charge in [0.25, 0.3) is 5.91 Å². The fourth-order valence-electron chi connectivity index (χ4n) is 3.28. The van der Waals surface area contributed by atoms with Gasteiger partial charge < -0.3 is 4.42 Å². The fourth-order valence-corrected chi connectivity index (χ4v) is 3.28. The first-order valence-corrected chi connectivity index (χ1v) is 9.03. The van der Waals surface area contributed by atoms with Crippen LogP contribution in [-0.2, 0) is 6.42 Å². The van der Waals surface area contributed by atoms with Crippen molar-refractivity contribution in [2.45, 2.75) is 48.0 Å². The zero-order chi connectivity index (χ0) is 19.7. The summed E-state index contributed by atoms with van der Waals surface area (Å²) in [5, 5.41) is 2.67. The standard InChI is InChI=1S/C22H25N3O2/c1-12-9-10-23-22(24-12)25-21(26)20-8-7-18(27-20)11-19-16(5)14(3)13(2)15(4)17(19)6/h7-10H,11H2,1-6H3,(H,23,24,25,26). The Labute approximate surface area is 159 Å². The Morgan fingerprint density at radius 2 is 1.56 bits per heavy atom. The summed E-state index contributed by atoms with van der Waals surface area (Å²) in [6.45, 7) is 12.6. The van der Waals surface area contributed by atoms with Gasteiger partial charge in [-0.3, -0.25) is 10.1 Å². The van der Waals surface area contributed by atoms with E-state index in [0.717, 1.165) is 11.5 Å². The van der Waals surface area contributed by atoms with Crippen molar-refractivity contribution < 1.29 is 9.21 Å². The Kier molecular flexibility index (Phi) is 5.13. The molecule has 0 radical (unpaired) electrons. The van der Waals surface area contributed by atoms with Crippen LogP contribution in [-0.4, -0.2) is 15.9 Å². The van der Waals surface area contributed by atoms with Crippen LogP contribution >= 0.6 is 0 Å². The number of furan rings is 1. The summed E-state index contributed by atoms with van der Waals surface area (Å²) in [4.78, 5) is 20.6. The van der Waals surface area contributed by atoms with Crippen molar-refractivity contribution in [2.24, 2.45) is 0 Å². The number of benzene rings is 1. The number of nitrogens with zero attached hydrogens (tertiary/aromatic N) is 2. The summed E-state index contributed by atoms with van der Waals surface area (Å²) in [7, 11) is 0. The average molecular weight is 363 g/mol. The molecule has 1 N–H and O–H groups in total. The lowest BCUT2D eigenvalue weighted by Gasteiger charge is -2.18. The maximum atomic E-state index is 12.4. The Balaban J connectivity index is 1.82. The first-order chi connectivity index (χ1) is 12.8. The highest BCUT2D eigenvalue weighted by molar-refractivity contribution is 6.01. The van der Waals surface area contributed by atoms with Crippen molar-refractivity contribution >= 4 is 11.9 Å². The fraction of sp³-hybridized carbons (Fsp3) is 0.318. The molecule has 0 saturated carbocycles. The molecule has 0 aliphatic heterocycles. The van der Waals surface area contributed by atoms with E-state index in [9.17, 15) is 4.79 Å². The molecule has 140 valence electrons. The van der Waals surface area contributed by atoms with Gasteiger partial charge in [0, 0.05) is 18.3 Å². The molecule has 0 unspecified atom stereocenters. The molecule has 5 nitrogen and oxygen atoms in total. The van der Waals surface area contributed by atoms with E-state index in [1.54, 1.807) is 18.3 Å². The predicted molar refractivity (Wildman–Crippen MR) is 106 cm³/mol. The number of aromatic nitrogens is 2. The van der Waals surface area contributed by atoms with Crippen molar-refractivity contribution in [3.8, 4) is 0 Å². The van der Waals surface area contributed by atoms with Crippen LogP contribution in [0.5, 0.6) is 0 Å². The van der Waals surface area contributed by atoms with Crippen molar-refractivity contribution in [3.05, 3.63) is 75.0 Å². The van der Waals surface area contributed by atoms with Crippen LogP contribution in [0.2, 0.25) is 0 Å². The van der Waals surface area contributed by atoms with Gasteiger partial charge in [-0.05, 0) is 93.1 Å². The molecular weight excluding hydrogens is 338 g/mol. The highest BCUT2D eigenvalue weighted by Gasteiger charge is 2.16. The Bertz CT molecular complexity index is 989. The zero-order valence-electron chi connectivity index (χ0n) is 16.7. The quantitative estimate of drug-likeness (QED) is 0.725. The Hall–Kier alpha value is -2.95. The molecule has 0 aliphatic rings. The van der Waals surface area contributed by atoms with Gasteiger partial charge in [0.1, 0.15) is 5.76 Å². The van der Waals surface area contributed by atoms with Crippen LogP contribution in [0.1, 0.15) is 55.4 Å². The maximum Gasteiger partial charge on any atom is 0.293 e. The van der Waals surface area contributed by atoms with E-state index in [2.05, 4.69) is 49.9 Å². The molecule has 0 spiro atoms. The molecule has 2 heterocycles. The predicted octanol–water partition coefficient (Wildman–Crippen LogP) is 4.76. The van der Waals surface area contributed by atoms with Crippen molar-refractivity contribution in [3.63, 3.8) is 0 Å². The number of carbonyl (C=O) groups excluding carboxylic acids is 1. The van der Waals surface area contributed by atoms with Crippen LogP contribution in [0.25, 0.3) is 0 Å². The van der Waals surface area contributed by atoms with Gasteiger partial charge in [0.2, 0.25) is 5.95 Å². The van der Waals surface area contributed by atoms with Crippen molar-refractivity contribution in [1.29, 1.82) is 0 Å². The maximum absolute atomic E-state index is 12.4. The molecule has 1 amide bonds. The van der Waals surface area contributed by atoms with E-state index < -0.39 is 0 Å². The average Bonchev–Trinajstić information content (AvgIpc) is 3.11. The Morgan fingerprint density at radius 3 is 2.19 bits per heavy atom. The first kappa shape index (κ1) is 18.8. The van der Waals surface area contributed by atoms with Crippen molar-refractivity contribution in [1.82, 2.24) is 9.97 Å². The smallest absolute Gasteiger partial charge is 0.293 e. The number of carbonyl (C=O) groups is 1. The van der Waals surface area contributed by atoms with Gasteiger partial charge >= 0.3 is 0 Å². The van der Waals surface area contributed by atoms with Crippen LogP contribution in [0, 0.1) is 41.5 Å². The molecule has 3 rings (SSSR count). The second kappa shape index (κ2) is 7.35. The molecule has 0 saturated heterocycles. The first-order valence-electron chi connectivity index (χ1n) is 9.03. The third-order valence-electron chi connectivity index (χ3n) is 5.41. The van der Waals surface area contributed by atoms with Gasteiger partial charge in [-0.15, -0.1) is 0 Å². The topological polar surface area (TPSA) is 68.0 Å². The second-order valence-electron chi connectivity index (χ2n) is 7.02. The molecule has 0 bridgehead atoms. The minimum Gasteiger partial charge on any atom is -0.456 e. The lowest BCUT2D eigenvalue weighted by Crippen LogP contribution is -2.13. The lowest BCUT2D eigenvalue weighted by molar-refractivity contribution is 0.0994. The molecule has 0 atom stereocenters. The minimum absolute atomic E-state index is 0.256. The summed E-state index contributed by atoms with van der Waals surface area (Å²) in [5.74, 6) is 0.941. The number of anilines is 1. The number of rotatable bonds is 4. The van der Waals surface area contributed by atoms with E-state index in [1.807, 2.05) is 13.0 Å². The molecule has 0 aliphatic carbocycles. The number of aryl methyl sites for hydroxylation is 1. The largest absolute Gasteiger partial charge is 0.456 e. The monoisotopic (exact) mass is 363 g/mol. The highest BCUT2D eigenvalue weighted by Crippen LogP contribution is 2.28. The second-order valence-corrected chi connectivity index (χ2v) is 7.02. The van der Waals surface area contributed by atoms with E-state index in [4.69, 9.17) is 4.42 Å². The van der Waals surface area contributed by atoms with Crippen LogP contribution < -0.4 is 5.32 Å². The van der Waals surface area contributed by atoms with E-state index >= 15 is 0 Å². The minimum atomic E-state index is -0.350. The van der Waals surface area contributed by atoms with Gasteiger partial charge in [0.05, 0.1) is 0 Å². The van der Waals surface area contributed by atoms with Crippen LogP contribution in [0.3, 0.4) is 0 Å². The normalized spacial score (nSPS) is 10.9. The molecule has 5 heteroatoms. The molecule has 1 aromatic carbocycles. The highest BCUT2D eigenvalue weighted by atomic mass is 16.3. The summed E-state index contributed by atoms with van der Waals surface area (Å²) in [6, 6.07) is 5.32. The van der Waals surface area contributed by atoms with Crippen molar-refractivity contribution in [2.75, 3.05) is 5.32 Å². The zero-order valence-corrected chi connectivity index (χ0v) is 16.7. The van der Waals surface area contributed by atoms with Gasteiger partial charge in [-0.1, -0.05) is 0 Å². The van der Waals surface area contributed by atoms with E-state index in [0.29, 0.717) is 6.42 Å². The summed E-state index contributed by atoms with van der Waals surface area (Å²) >= 11 is 0.